The highest BCUT2D eigenvalue weighted by Gasteiger charge is 2.33. The number of furan rings is 1. The van der Waals surface area contributed by atoms with Gasteiger partial charge in [0, 0.05) is 12.8 Å². The molecule has 0 aliphatic rings. The van der Waals surface area contributed by atoms with E-state index in [1.165, 1.54) is 12.3 Å². The molecule has 28 heavy (non-hydrogen) atoms. The molecule has 0 fully saturated rings. The number of carbonyl (C=O) groups excluding carboxylic acids is 1. The predicted molar refractivity (Wildman–Crippen MR) is 95.5 cm³/mol. The van der Waals surface area contributed by atoms with Gasteiger partial charge in [0.25, 0.3) is 5.56 Å². The average Bonchev–Trinajstić information content (AvgIpc) is 3.13. The number of alkyl halides is 3. The molecular weight excluding hydrogens is 375 g/mol. The van der Waals surface area contributed by atoms with E-state index in [9.17, 15) is 22.8 Å². The molecular formula is C19H18F3N3O3. The number of aromatic nitrogens is 2. The van der Waals surface area contributed by atoms with Crippen LogP contribution in [-0.4, -0.2) is 33.5 Å². The number of hydrogen-bond donors (Lipinski definition) is 1. The lowest BCUT2D eigenvalue weighted by Crippen LogP contribution is -2.38. The number of nitrogens with one attached hydrogen (secondary N) is 1. The van der Waals surface area contributed by atoms with Gasteiger partial charge in [-0.15, -0.1) is 0 Å². The molecule has 0 aliphatic carbocycles. The van der Waals surface area contributed by atoms with Crippen molar-refractivity contribution in [2.24, 2.45) is 0 Å². The maximum absolute atomic E-state index is 12.8. The topological polar surface area (TPSA) is 79.2 Å². The number of H-pyrrole nitrogens is 1. The fraction of sp³-hybridized carbons (Fsp3) is 0.316. The van der Waals surface area contributed by atoms with Crippen molar-refractivity contribution in [1.29, 1.82) is 0 Å². The highest BCUT2D eigenvalue weighted by Crippen LogP contribution is 2.19. The highest BCUT2D eigenvalue weighted by molar-refractivity contribution is 5.77. The van der Waals surface area contributed by atoms with E-state index in [1.807, 2.05) is 0 Å². The zero-order chi connectivity index (χ0) is 20.1. The van der Waals surface area contributed by atoms with Crippen LogP contribution < -0.4 is 5.56 Å². The van der Waals surface area contributed by atoms with Gasteiger partial charge in [-0.25, -0.2) is 4.98 Å². The highest BCUT2D eigenvalue weighted by atomic mass is 19.4. The molecule has 9 heteroatoms. The van der Waals surface area contributed by atoms with Crippen molar-refractivity contribution in [3.05, 3.63) is 64.6 Å². The minimum atomic E-state index is -4.51. The first-order chi connectivity index (χ1) is 13.3. The molecule has 0 unspecified atom stereocenters. The fourth-order valence-electron chi connectivity index (χ4n) is 2.86. The van der Waals surface area contributed by atoms with Crippen LogP contribution in [0.1, 0.15) is 24.4 Å². The van der Waals surface area contributed by atoms with Crippen molar-refractivity contribution >= 4 is 16.8 Å². The molecule has 1 N–H and O–H groups in total. The Balaban J connectivity index is 1.63. The summed E-state index contributed by atoms with van der Waals surface area (Å²) in [5.74, 6) is 0.0277. The summed E-state index contributed by atoms with van der Waals surface area (Å²) in [7, 11) is 0. The van der Waals surface area contributed by atoms with E-state index in [2.05, 4.69) is 9.97 Å². The number of hydrogen-bond acceptors (Lipinski definition) is 4. The molecule has 1 amide bonds. The Hall–Kier alpha value is -3.10. The standard InChI is InChI=1S/C19H18F3N3O3/c20-19(21,22)12-25(11-13-5-4-10-28-13)17(26)9-3-8-16-23-15-7-2-1-6-14(15)18(27)24-16/h1-2,4-7,10H,3,8-9,11-12H2,(H,23,24,27). The smallest absolute Gasteiger partial charge is 0.406 e. The molecule has 0 aliphatic heterocycles. The van der Waals surface area contributed by atoms with E-state index >= 15 is 0 Å². The zero-order valence-corrected chi connectivity index (χ0v) is 14.8. The first-order valence-electron chi connectivity index (χ1n) is 8.67. The van der Waals surface area contributed by atoms with E-state index in [1.54, 1.807) is 30.3 Å². The molecule has 0 atom stereocenters. The number of rotatable bonds is 7. The molecule has 2 heterocycles. The summed E-state index contributed by atoms with van der Waals surface area (Å²) in [5.41, 5.74) is 0.243. The maximum atomic E-state index is 12.8. The summed E-state index contributed by atoms with van der Waals surface area (Å²) < 4.78 is 43.4. The van der Waals surface area contributed by atoms with Crippen LogP contribution in [0, 0.1) is 0 Å². The van der Waals surface area contributed by atoms with Gasteiger partial charge in [-0.05, 0) is 30.7 Å². The minimum Gasteiger partial charge on any atom is -0.467 e. The monoisotopic (exact) mass is 393 g/mol. The van der Waals surface area contributed by atoms with Gasteiger partial charge in [0.15, 0.2) is 0 Å². The van der Waals surface area contributed by atoms with Crippen LogP contribution in [-0.2, 0) is 17.8 Å². The quantitative estimate of drug-likeness (QED) is 0.667. The summed E-state index contributed by atoms with van der Waals surface area (Å²) >= 11 is 0. The first kappa shape index (κ1) is 19.7. The van der Waals surface area contributed by atoms with Gasteiger partial charge in [0.05, 0.1) is 23.7 Å². The molecule has 1 aromatic carbocycles. The molecule has 0 bridgehead atoms. The Bertz CT molecular complexity index is 997. The van der Waals surface area contributed by atoms with Crippen molar-refractivity contribution in [3.63, 3.8) is 0 Å². The molecule has 0 radical (unpaired) electrons. The van der Waals surface area contributed by atoms with Crippen LogP contribution in [0.25, 0.3) is 10.9 Å². The van der Waals surface area contributed by atoms with Crippen molar-refractivity contribution in [3.8, 4) is 0 Å². The SMILES string of the molecule is O=C(CCCc1nc2ccccc2c(=O)[nH]1)N(Cc1ccco1)CC(F)(F)F. The van der Waals surface area contributed by atoms with E-state index in [-0.39, 0.29) is 37.1 Å². The van der Waals surface area contributed by atoms with E-state index in [4.69, 9.17) is 4.42 Å². The van der Waals surface area contributed by atoms with Crippen molar-refractivity contribution in [2.75, 3.05) is 6.54 Å². The Morgan fingerprint density at radius 2 is 1.96 bits per heavy atom. The second kappa shape index (κ2) is 8.28. The number of amides is 1. The number of aromatic amines is 1. The van der Waals surface area contributed by atoms with E-state index in [0.29, 0.717) is 16.7 Å². The summed E-state index contributed by atoms with van der Waals surface area (Å²) in [6, 6.07) is 9.90. The van der Waals surface area contributed by atoms with Crippen molar-refractivity contribution in [2.45, 2.75) is 32.0 Å². The number of para-hydroxylation sites is 1. The Labute approximate surface area is 158 Å². The van der Waals surface area contributed by atoms with Crippen LogP contribution in [0.4, 0.5) is 13.2 Å². The molecule has 3 rings (SSSR count). The van der Waals surface area contributed by atoms with Gasteiger partial charge >= 0.3 is 6.18 Å². The van der Waals surface area contributed by atoms with Crippen LogP contribution >= 0.6 is 0 Å². The van der Waals surface area contributed by atoms with Crippen molar-refractivity contribution in [1.82, 2.24) is 14.9 Å². The lowest BCUT2D eigenvalue weighted by molar-refractivity contribution is -0.162. The van der Waals surface area contributed by atoms with Gasteiger partial charge in [-0.3, -0.25) is 9.59 Å². The number of benzene rings is 1. The molecule has 2 aromatic heterocycles. The Kier molecular flexibility index (Phi) is 5.81. The normalized spacial score (nSPS) is 11.7. The average molecular weight is 393 g/mol. The summed E-state index contributed by atoms with van der Waals surface area (Å²) in [6.07, 6.45) is -2.74. The Morgan fingerprint density at radius 1 is 1.18 bits per heavy atom. The zero-order valence-electron chi connectivity index (χ0n) is 14.8. The second-order valence-corrected chi connectivity index (χ2v) is 6.33. The van der Waals surface area contributed by atoms with Crippen molar-refractivity contribution < 1.29 is 22.4 Å². The number of fused-ring (bicyclic) bond motifs is 1. The number of carbonyl (C=O) groups is 1. The third-order valence-corrected chi connectivity index (χ3v) is 4.12. The lowest BCUT2D eigenvalue weighted by atomic mass is 10.2. The van der Waals surface area contributed by atoms with E-state index < -0.39 is 18.6 Å². The first-order valence-corrected chi connectivity index (χ1v) is 8.67. The molecule has 0 saturated heterocycles. The van der Waals surface area contributed by atoms with Gasteiger partial charge in [-0.1, -0.05) is 12.1 Å². The third kappa shape index (κ3) is 5.21. The van der Waals surface area contributed by atoms with Crippen LogP contribution in [0.2, 0.25) is 0 Å². The summed E-state index contributed by atoms with van der Waals surface area (Å²) in [6.45, 7) is -1.60. The van der Waals surface area contributed by atoms with Crippen LogP contribution in [0.3, 0.4) is 0 Å². The molecule has 6 nitrogen and oxygen atoms in total. The second-order valence-electron chi connectivity index (χ2n) is 6.33. The third-order valence-electron chi connectivity index (χ3n) is 4.12. The molecule has 3 aromatic rings. The lowest BCUT2D eigenvalue weighted by Gasteiger charge is -2.23. The molecule has 0 spiro atoms. The number of halogens is 3. The number of nitrogens with zero attached hydrogens (tertiary/aromatic N) is 2. The Morgan fingerprint density at radius 3 is 2.68 bits per heavy atom. The predicted octanol–water partition coefficient (Wildman–Crippen LogP) is 3.43. The number of aryl methyl sites for hydroxylation is 1. The van der Waals surface area contributed by atoms with Gasteiger partial charge in [0.2, 0.25) is 5.91 Å². The van der Waals surface area contributed by atoms with Crippen LogP contribution in [0.15, 0.2) is 51.9 Å². The molecule has 148 valence electrons. The van der Waals surface area contributed by atoms with E-state index in [0.717, 1.165) is 4.90 Å². The summed E-state index contributed by atoms with van der Waals surface area (Å²) in [4.78, 5) is 32.0. The summed E-state index contributed by atoms with van der Waals surface area (Å²) in [5, 5.41) is 0.456. The maximum Gasteiger partial charge on any atom is 0.406 e. The van der Waals surface area contributed by atoms with Gasteiger partial charge in [-0.2, -0.15) is 13.2 Å². The minimum absolute atomic E-state index is 0.104. The van der Waals surface area contributed by atoms with Crippen LogP contribution in [0.5, 0.6) is 0 Å². The fourth-order valence-corrected chi connectivity index (χ4v) is 2.86. The van der Waals surface area contributed by atoms with Gasteiger partial charge in [0.1, 0.15) is 18.1 Å². The molecule has 0 saturated carbocycles. The largest absolute Gasteiger partial charge is 0.467 e. The van der Waals surface area contributed by atoms with Gasteiger partial charge < -0.3 is 14.3 Å².